The Morgan fingerprint density at radius 2 is 2.00 bits per heavy atom. The number of carbonyl (C=O) groups excluding carboxylic acids is 3. The van der Waals surface area contributed by atoms with E-state index in [1.54, 1.807) is 12.1 Å². The Labute approximate surface area is 147 Å². The molecule has 3 amide bonds. The SMILES string of the molecule is O=C(COC(=O)c1cc2c(s1)CCC2)NC(=O)Nc1ccccc1F. The van der Waals surface area contributed by atoms with Crippen LogP contribution in [0, 0.1) is 5.82 Å². The number of amides is 3. The van der Waals surface area contributed by atoms with E-state index >= 15 is 0 Å². The van der Waals surface area contributed by atoms with E-state index in [0.717, 1.165) is 24.8 Å². The summed E-state index contributed by atoms with van der Waals surface area (Å²) in [4.78, 5) is 36.9. The Morgan fingerprint density at radius 1 is 1.20 bits per heavy atom. The highest BCUT2D eigenvalue weighted by molar-refractivity contribution is 7.14. The Kier molecular flexibility index (Phi) is 5.08. The van der Waals surface area contributed by atoms with Crippen molar-refractivity contribution >= 4 is 34.9 Å². The van der Waals surface area contributed by atoms with Crippen LogP contribution in [-0.2, 0) is 22.4 Å². The van der Waals surface area contributed by atoms with Crippen molar-refractivity contribution in [2.75, 3.05) is 11.9 Å². The summed E-state index contributed by atoms with van der Waals surface area (Å²) >= 11 is 1.37. The van der Waals surface area contributed by atoms with Gasteiger partial charge in [-0.2, -0.15) is 0 Å². The van der Waals surface area contributed by atoms with Gasteiger partial charge in [0, 0.05) is 4.88 Å². The van der Waals surface area contributed by atoms with Gasteiger partial charge in [0.05, 0.1) is 5.69 Å². The van der Waals surface area contributed by atoms with E-state index in [0.29, 0.717) is 4.88 Å². The second-order valence-electron chi connectivity index (χ2n) is 5.47. The van der Waals surface area contributed by atoms with Gasteiger partial charge in [-0.1, -0.05) is 12.1 Å². The molecule has 1 aliphatic carbocycles. The lowest BCUT2D eigenvalue weighted by atomic mass is 10.2. The Balaban J connectivity index is 1.46. The lowest BCUT2D eigenvalue weighted by molar-refractivity contribution is -0.123. The first-order valence-electron chi connectivity index (χ1n) is 7.67. The van der Waals surface area contributed by atoms with Crippen LogP contribution in [0.5, 0.6) is 0 Å². The quantitative estimate of drug-likeness (QED) is 0.819. The minimum absolute atomic E-state index is 0.0575. The van der Waals surface area contributed by atoms with Crippen molar-refractivity contribution < 1.29 is 23.5 Å². The number of esters is 1. The molecule has 0 atom stereocenters. The van der Waals surface area contributed by atoms with Crippen molar-refractivity contribution in [3.63, 3.8) is 0 Å². The zero-order valence-corrected chi connectivity index (χ0v) is 14.0. The molecular formula is C17H15FN2O4S. The topological polar surface area (TPSA) is 84.5 Å². The summed E-state index contributed by atoms with van der Waals surface area (Å²) < 4.78 is 18.3. The zero-order valence-electron chi connectivity index (χ0n) is 13.1. The number of rotatable bonds is 4. The highest BCUT2D eigenvalue weighted by Gasteiger charge is 2.20. The number of para-hydroxylation sites is 1. The van der Waals surface area contributed by atoms with Crippen LogP contribution in [0.15, 0.2) is 30.3 Å². The first-order chi connectivity index (χ1) is 12.0. The van der Waals surface area contributed by atoms with Crippen molar-refractivity contribution in [3.8, 4) is 0 Å². The van der Waals surface area contributed by atoms with Gasteiger partial charge in [-0.25, -0.2) is 14.0 Å². The van der Waals surface area contributed by atoms with Crippen molar-refractivity contribution in [1.29, 1.82) is 0 Å². The van der Waals surface area contributed by atoms with Crippen molar-refractivity contribution in [2.24, 2.45) is 0 Å². The minimum Gasteiger partial charge on any atom is -0.451 e. The number of hydrogen-bond donors (Lipinski definition) is 2. The average Bonchev–Trinajstić information content (AvgIpc) is 3.16. The summed E-state index contributed by atoms with van der Waals surface area (Å²) in [6.07, 6.45) is 3.01. The smallest absolute Gasteiger partial charge is 0.348 e. The Morgan fingerprint density at radius 3 is 2.76 bits per heavy atom. The van der Waals surface area contributed by atoms with Crippen LogP contribution in [0.2, 0.25) is 0 Å². The molecule has 0 saturated carbocycles. The van der Waals surface area contributed by atoms with Gasteiger partial charge in [-0.15, -0.1) is 11.3 Å². The van der Waals surface area contributed by atoms with E-state index < -0.39 is 30.3 Å². The molecule has 0 saturated heterocycles. The number of aryl methyl sites for hydroxylation is 2. The van der Waals surface area contributed by atoms with E-state index in [1.165, 1.54) is 34.4 Å². The van der Waals surface area contributed by atoms with E-state index in [4.69, 9.17) is 4.74 Å². The van der Waals surface area contributed by atoms with Gasteiger partial charge in [0.25, 0.3) is 5.91 Å². The van der Waals surface area contributed by atoms with Gasteiger partial charge in [-0.3, -0.25) is 10.1 Å². The number of urea groups is 1. The summed E-state index contributed by atoms with van der Waals surface area (Å²) in [6, 6.07) is 6.44. The monoisotopic (exact) mass is 362 g/mol. The molecule has 0 fully saturated rings. The average molecular weight is 362 g/mol. The maximum atomic E-state index is 13.4. The highest BCUT2D eigenvalue weighted by atomic mass is 32.1. The Hall–Kier alpha value is -2.74. The lowest BCUT2D eigenvalue weighted by Crippen LogP contribution is -2.37. The lowest BCUT2D eigenvalue weighted by Gasteiger charge is -2.07. The van der Waals surface area contributed by atoms with Crippen LogP contribution in [0.4, 0.5) is 14.9 Å². The van der Waals surface area contributed by atoms with E-state index in [1.807, 2.05) is 5.32 Å². The molecule has 0 unspecified atom stereocenters. The molecule has 1 aliphatic rings. The third kappa shape index (κ3) is 4.21. The first kappa shape index (κ1) is 17.1. The fraction of sp³-hybridized carbons (Fsp3) is 0.235. The van der Waals surface area contributed by atoms with Gasteiger partial charge in [0.2, 0.25) is 0 Å². The van der Waals surface area contributed by atoms with Crippen LogP contribution < -0.4 is 10.6 Å². The predicted molar refractivity (Wildman–Crippen MR) is 90.2 cm³/mol. The number of thiophene rings is 1. The number of hydrogen-bond acceptors (Lipinski definition) is 5. The molecule has 1 heterocycles. The van der Waals surface area contributed by atoms with Gasteiger partial charge in [-0.05, 0) is 43.0 Å². The number of anilines is 1. The van der Waals surface area contributed by atoms with Crippen LogP contribution in [0.25, 0.3) is 0 Å². The number of imide groups is 1. The second-order valence-corrected chi connectivity index (χ2v) is 6.61. The van der Waals surface area contributed by atoms with E-state index in [-0.39, 0.29) is 5.69 Å². The largest absolute Gasteiger partial charge is 0.451 e. The molecule has 130 valence electrons. The molecule has 0 spiro atoms. The van der Waals surface area contributed by atoms with E-state index in [9.17, 15) is 18.8 Å². The van der Waals surface area contributed by atoms with E-state index in [2.05, 4.69) is 5.32 Å². The number of benzene rings is 1. The summed E-state index contributed by atoms with van der Waals surface area (Å²) in [5, 5.41) is 4.17. The Bertz CT molecular complexity index is 812. The van der Waals surface area contributed by atoms with Crippen LogP contribution in [0.1, 0.15) is 26.5 Å². The molecule has 0 radical (unpaired) electrons. The van der Waals surface area contributed by atoms with Crippen LogP contribution in [-0.4, -0.2) is 24.5 Å². The van der Waals surface area contributed by atoms with Crippen molar-refractivity contribution in [1.82, 2.24) is 5.32 Å². The third-order valence-corrected chi connectivity index (χ3v) is 4.87. The summed E-state index contributed by atoms with van der Waals surface area (Å²) in [7, 11) is 0. The normalized spacial score (nSPS) is 12.4. The molecule has 2 aromatic rings. The van der Waals surface area contributed by atoms with Gasteiger partial charge in [0.15, 0.2) is 6.61 Å². The maximum Gasteiger partial charge on any atom is 0.348 e. The fourth-order valence-electron chi connectivity index (χ4n) is 2.51. The van der Waals surface area contributed by atoms with Crippen LogP contribution >= 0.6 is 11.3 Å². The maximum absolute atomic E-state index is 13.4. The summed E-state index contributed by atoms with van der Waals surface area (Å²) in [5.41, 5.74) is 1.10. The number of nitrogens with one attached hydrogen (secondary N) is 2. The molecule has 1 aromatic carbocycles. The number of halogens is 1. The molecule has 2 N–H and O–H groups in total. The van der Waals surface area contributed by atoms with Gasteiger partial charge in [0.1, 0.15) is 10.7 Å². The number of ether oxygens (including phenoxy) is 1. The molecule has 0 aliphatic heterocycles. The van der Waals surface area contributed by atoms with Crippen molar-refractivity contribution in [2.45, 2.75) is 19.3 Å². The molecular weight excluding hydrogens is 347 g/mol. The molecule has 1 aromatic heterocycles. The number of carbonyl (C=O) groups is 3. The third-order valence-electron chi connectivity index (χ3n) is 3.66. The summed E-state index contributed by atoms with van der Waals surface area (Å²) in [5.74, 6) is -2.02. The van der Waals surface area contributed by atoms with Crippen LogP contribution in [0.3, 0.4) is 0 Å². The second kappa shape index (κ2) is 7.43. The predicted octanol–water partition coefficient (Wildman–Crippen LogP) is 2.88. The molecule has 0 bridgehead atoms. The minimum atomic E-state index is -0.902. The fourth-order valence-corrected chi connectivity index (χ4v) is 3.66. The molecule has 3 rings (SSSR count). The molecule has 8 heteroatoms. The molecule has 25 heavy (non-hydrogen) atoms. The first-order valence-corrected chi connectivity index (χ1v) is 8.48. The molecule has 6 nitrogen and oxygen atoms in total. The van der Waals surface area contributed by atoms with Gasteiger partial charge >= 0.3 is 12.0 Å². The zero-order chi connectivity index (χ0) is 17.8. The van der Waals surface area contributed by atoms with Gasteiger partial charge < -0.3 is 10.1 Å². The summed E-state index contributed by atoms with van der Waals surface area (Å²) in [6.45, 7) is -0.591. The number of fused-ring (bicyclic) bond motifs is 1. The highest BCUT2D eigenvalue weighted by Crippen LogP contribution is 2.30. The standard InChI is InChI=1S/C17H15FN2O4S/c18-11-5-1-2-6-12(11)19-17(23)20-15(21)9-24-16(22)14-8-10-4-3-7-13(10)25-14/h1-2,5-6,8H,3-4,7,9H2,(H2,19,20,21,23). The van der Waals surface area contributed by atoms with Crippen molar-refractivity contribution in [3.05, 3.63) is 51.5 Å².